The SMILES string of the molecule is C=CCOCCCC(O)C(C)(CC=C)CC=C. The number of aliphatic hydroxyl groups is 1. The average molecular weight is 238 g/mol. The summed E-state index contributed by atoms with van der Waals surface area (Å²) in [5, 5.41) is 10.2. The van der Waals surface area contributed by atoms with E-state index in [1.54, 1.807) is 6.08 Å². The van der Waals surface area contributed by atoms with E-state index in [0.29, 0.717) is 13.2 Å². The van der Waals surface area contributed by atoms with E-state index in [-0.39, 0.29) is 11.5 Å². The second-order valence-electron chi connectivity index (χ2n) is 4.66. The van der Waals surface area contributed by atoms with Crippen LogP contribution in [0.5, 0.6) is 0 Å². The Balaban J connectivity index is 4.04. The number of hydrogen-bond acceptors (Lipinski definition) is 2. The standard InChI is InChI=1S/C15H26O2/c1-5-10-15(4,11-6-2)14(16)9-8-13-17-12-7-3/h5-7,14,16H,1-3,8-13H2,4H3. The lowest BCUT2D eigenvalue weighted by Gasteiger charge is -2.33. The molecule has 0 spiro atoms. The fourth-order valence-corrected chi connectivity index (χ4v) is 1.91. The summed E-state index contributed by atoms with van der Waals surface area (Å²) < 4.78 is 5.30. The van der Waals surface area contributed by atoms with Gasteiger partial charge in [0.25, 0.3) is 0 Å². The Kier molecular flexibility index (Phi) is 8.73. The molecule has 0 fully saturated rings. The number of hydrogen-bond donors (Lipinski definition) is 1. The summed E-state index contributed by atoms with van der Waals surface area (Å²) in [6, 6.07) is 0. The van der Waals surface area contributed by atoms with Crippen molar-refractivity contribution in [1.82, 2.24) is 0 Å². The van der Waals surface area contributed by atoms with Gasteiger partial charge in [0.1, 0.15) is 0 Å². The largest absolute Gasteiger partial charge is 0.393 e. The van der Waals surface area contributed by atoms with E-state index in [1.807, 2.05) is 12.2 Å². The highest BCUT2D eigenvalue weighted by Gasteiger charge is 2.29. The monoisotopic (exact) mass is 238 g/mol. The minimum Gasteiger partial charge on any atom is -0.393 e. The summed E-state index contributed by atoms with van der Waals surface area (Å²) in [6.45, 7) is 14.4. The lowest BCUT2D eigenvalue weighted by atomic mass is 9.76. The Hall–Kier alpha value is -0.860. The first-order valence-electron chi connectivity index (χ1n) is 6.19. The molecule has 0 aliphatic carbocycles. The van der Waals surface area contributed by atoms with Crippen LogP contribution in [0.15, 0.2) is 38.0 Å². The van der Waals surface area contributed by atoms with Gasteiger partial charge in [-0.15, -0.1) is 19.7 Å². The Labute approximate surface area is 106 Å². The van der Waals surface area contributed by atoms with Crippen LogP contribution in [0.1, 0.15) is 32.6 Å². The van der Waals surface area contributed by atoms with Crippen molar-refractivity contribution in [1.29, 1.82) is 0 Å². The third-order valence-corrected chi connectivity index (χ3v) is 3.03. The maximum atomic E-state index is 10.2. The quantitative estimate of drug-likeness (QED) is 0.441. The molecule has 0 aromatic rings. The zero-order valence-corrected chi connectivity index (χ0v) is 11.0. The van der Waals surface area contributed by atoms with Crippen LogP contribution in [0, 0.1) is 5.41 Å². The number of ether oxygens (including phenoxy) is 1. The van der Waals surface area contributed by atoms with E-state index < -0.39 is 0 Å². The van der Waals surface area contributed by atoms with Crippen LogP contribution in [0.4, 0.5) is 0 Å². The molecule has 17 heavy (non-hydrogen) atoms. The molecule has 1 N–H and O–H groups in total. The first-order chi connectivity index (χ1) is 8.10. The molecule has 98 valence electrons. The predicted octanol–water partition coefficient (Wildman–Crippen LogP) is 3.49. The number of allylic oxidation sites excluding steroid dienone is 2. The van der Waals surface area contributed by atoms with Crippen LogP contribution in [0.3, 0.4) is 0 Å². The summed E-state index contributed by atoms with van der Waals surface area (Å²) in [7, 11) is 0. The van der Waals surface area contributed by atoms with Gasteiger partial charge < -0.3 is 9.84 Å². The highest BCUT2D eigenvalue weighted by Crippen LogP contribution is 2.33. The van der Waals surface area contributed by atoms with E-state index in [1.165, 1.54) is 0 Å². The third-order valence-electron chi connectivity index (χ3n) is 3.03. The van der Waals surface area contributed by atoms with Gasteiger partial charge in [-0.3, -0.25) is 0 Å². The fraction of sp³-hybridized carbons (Fsp3) is 0.600. The van der Waals surface area contributed by atoms with Gasteiger partial charge in [-0.05, 0) is 25.7 Å². The lowest BCUT2D eigenvalue weighted by Crippen LogP contribution is -2.31. The lowest BCUT2D eigenvalue weighted by molar-refractivity contribution is 0.0255. The maximum absolute atomic E-state index is 10.2. The molecule has 0 rings (SSSR count). The van der Waals surface area contributed by atoms with Crippen LogP contribution >= 0.6 is 0 Å². The van der Waals surface area contributed by atoms with E-state index in [0.717, 1.165) is 25.7 Å². The molecule has 2 nitrogen and oxygen atoms in total. The highest BCUT2D eigenvalue weighted by molar-refractivity contribution is 4.93. The molecular formula is C15H26O2. The molecule has 0 aliphatic rings. The van der Waals surface area contributed by atoms with Crippen molar-refractivity contribution >= 4 is 0 Å². The number of rotatable bonds is 11. The van der Waals surface area contributed by atoms with Crippen LogP contribution in [-0.2, 0) is 4.74 Å². The molecule has 2 heteroatoms. The van der Waals surface area contributed by atoms with Gasteiger partial charge in [0.05, 0.1) is 12.7 Å². The van der Waals surface area contributed by atoms with Crippen molar-refractivity contribution in [2.24, 2.45) is 5.41 Å². The van der Waals surface area contributed by atoms with E-state index in [4.69, 9.17) is 4.74 Å². The summed E-state index contributed by atoms with van der Waals surface area (Å²) in [5.74, 6) is 0. The van der Waals surface area contributed by atoms with Gasteiger partial charge >= 0.3 is 0 Å². The average Bonchev–Trinajstić information content (AvgIpc) is 2.29. The Morgan fingerprint density at radius 2 is 1.76 bits per heavy atom. The fourth-order valence-electron chi connectivity index (χ4n) is 1.91. The zero-order chi connectivity index (χ0) is 13.1. The van der Waals surface area contributed by atoms with Crippen molar-refractivity contribution in [3.8, 4) is 0 Å². The molecule has 0 radical (unpaired) electrons. The molecule has 1 atom stereocenters. The third kappa shape index (κ3) is 6.44. The van der Waals surface area contributed by atoms with E-state index >= 15 is 0 Å². The van der Waals surface area contributed by atoms with Crippen molar-refractivity contribution in [3.05, 3.63) is 38.0 Å². The molecule has 0 aliphatic heterocycles. The molecule has 0 saturated carbocycles. The van der Waals surface area contributed by atoms with Gasteiger partial charge in [0.2, 0.25) is 0 Å². The highest BCUT2D eigenvalue weighted by atomic mass is 16.5. The maximum Gasteiger partial charge on any atom is 0.0644 e. The van der Waals surface area contributed by atoms with Crippen molar-refractivity contribution in [3.63, 3.8) is 0 Å². The van der Waals surface area contributed by atoms with E-state index in [2.05, 4.69) is 26.7 Å². The van der Waals surface area contributed by atoms with Crippen molar-refractivity contribution in [2.45, 2.75) is 38.7 Å². The second-order valence-corrected chi connectivity index (χ2v) is 4.66. The number of aliphatic hydroxyl groups excluding tert-OH is 1. The minimum atomic E-state index is -0.342. The van der Waals surface area contributed by atoms with Gasteiger partial charge in [-0.1, -0.05) is 25.2 Å². The zero-order valence-electron chi connectivity index (χ0n) is 11.0. The first kappa shape index (κ1) is 16.1. The van der Waals surface area contributed by atoms with Crippen LogP contribution < -0.4 is 0 Å². The van der Waals surface area contributed by atoms with Crippen LogP contribution in [0.25, 0.3) is 0 Å². The first-order valence-corrected chi connectivity index (χ1v) is 6.19. The van der Waals surface area contributed by atoms with E-state index in [9.17, 15) is 5.11 Å². The van der Waals surface area contributed by atoms with Crippen molar-refractivity contribution < 1.29 is 9.84 Å². The Bertz CT molecular complexity index is 223. The summed E-state index contributed by atoms with van der Waals surface area (Å²) in [5.41, 5.74) is -0.151. The normalized spacial score (nSPS) is 13.1. The minimum absolute atomic E-state index is 0.151. The van der Waals surface area contributed by atoms with Gasteiger partial charge in [-0.25, -0.2) is 0 Å². The molecule has 0 heterocycles. The Morgan fingerprint density at radius 1 is 1.18 bits per heavy atom. The topological polar surface area (TPSA) is 29.5 Å². The molecule has 0 bridgehead atoms. The molecule has 1 unspecified atom stereocenters. The summed E-state index contributed by atoms with van der Waals surface area (Å²) in [4.78, 5) is 0. The smallest absolute Gasteiger partial charge is 0.0644 e. The molecule has 0 amide bonds. The van der Waals surface area contributed by atoms with Gasteiger partial charge in [0.15, 0.2) is 0 Å². The second kappa shape index (κ2) is 9.20. The Morgan fingerprint density at radius 3 is 2.24 bits per heavy atom. The summed E-state index contributed by atoms with van der Waals surface area (Å²) in [6.07, 6.45) is 8.32. The van der Waals surface area contributed by atoms with Gasteiger partial charge in [0, 0.05) is 12.0 Å². The van der Waals surface area contributed by atoms with Crippen molar-refractivity contribution in [2.75, 3.05) is 13.2 Å². The van der Waals surface area contributed by atoms with Crippen LogP contribution in [0.2, 0.25) is 0 Å². The molecule has 0 aromatic carbocycles. The summed E-state index contributed by atoms with van der Waals surface area (Å²) >= 11 is 0. The molecule has 0 saturated heterocycles. The van der Waals surface area contributed by atoms with Gasteiger partial charge in [-0.2, -0.15) is 0 Å². The molecule has 0 aromatic heterocycles. The van der Waals surface area contributed by atoms with Crippen LogP contribution in [-0.4, -0.2) is 24.4 Å². The predicted molar refractivity (Wildman–Crippen MR) is 74.0 cm³/mol. The molecular weight excluding hydrogens is 212 g/mol.